The van der Waals surface area contributed by atoms with Gasteiger partial charge in [-0.1, -0.05) is 0 Å². The maximum Gasteiger partial charge on any atom is 0.319 e. The van der Waals surface area contributed by atoms with Gasteiger partial charge in [0, 0.05) is 44.5 Å². The second-order valence-corrected chi connectivity index (χ2v) is 5.16. The minimum atomic E-state index is 0.0506. The number of H-pyrrole nitrogens is 1. The van der Waals surface area contributed by atoms with Crippen LogP contribution in [0.1, 0.15) is 16.8 Å². The Kier molecular flexibility index (Phi) is 2.66. The van der Waals surface area contributed by atoms with E-state index in [1.165, 1.54) is 5.56 Å². The molecule has 0 aromatic carbocycles. The van der Waals surface area contributed by atoms with Crippen LogP contribution in [0.5, 0.6) is 0 Å². The van der Waals surface area contributed by atoms with E-state index in [9.17, 15) is 4.79 Å². The first-order chi connectivity index (χ1) is 9.08. The molecule has 2 aromatic heterocycles. The van der Waals surface area contributed by atoms with Crippen molar-refractivity contribution in [1.82, 2.24) is 25.0 Å². The summed E-state index contributed by atoms with van der Waals surface area (Å²) >= 11 is 0. The summed E-state index contributed by atoms with van der Waals surface area (Å²) in [7, 11) is 3.55. The number of carbonyl (C=O) groups excluding carboxylic acids is 1. The Morgan fingerprint density at radius 2 is 2.26 bits per heavy atom. The number of carbonyl (C=O) groups is 1. The number of hydrogen-bond donors (Lipinski definition) is 1. The average Bonchev–Trinajstić information content (AvgIpc) is 2.79. The molecule has 0 aliphatic carbocycles. The van der Waals surface area contributed by atoms with Crippen molar-refractivity contribution in [2.45, 2.75) is 19.9 Å². The number of hydrogen-bond acceptors (Lipinski definition) is 3. The first-order valence-corrected chi connectivity index (χ1v) is 6.35. The van der Waals surface area contributed by atoms with Crippen molar-refractivity contribution in [3.05, 3.63) is 23.0 Å². The van der Waals surface area contributed by atoms with Gasteiger partial charge in [-0.05, 0) is 24.5 Å². The van der Waals surface area contributed by atoms with Crippen LogP contribution in [0.15, 0.2) is 6.20 Å². The third kappa shape index (κ3) is 1.83. The number of pyridine rings is 1. The molecule has 1 N–H and O–H groups in total. The molecule has 19 heavy (non-hydrogen) atoms. The molecule has 6 nitrogen and oxygen atoms in total. The Hall–Kier alpha value is -2.11. The molecule has 0 unspecified atom stereocenters. The van der Waals surface area contributed by atoms with Gasteiger partial charge in [0.2, 0.25) is 0 Å². The van der Waals surface area contributed by atoms with Crippen molar-refractivity contribution in [2.24, 2.45) is 0 Å². The first-order valence-electron chi connectivity index (χ1n) is 6.35. The maximum atomic E-state index is 12.0. The van der Waals surface area contributed by atoms with Crippen molar-refractivity contribution in [2.75, 3.05) is 20.6 Å². The molecule has 1 aliphatic heterocycles. The number of nitrogens with zero attached hydrogens (tertiary/aromatic N) is 4. The summed E-state index contributed by atoms with van der Waals surface area (Å²) < 4.78 is 0. The topological polar surface area (TPSA) is 65.1 Å². The molecule has 0 atom stereocenters. The van der Waals surface area contributed by atoms with Gasteiger partial charge in [0.15, 0.2) is 5.65 Å². The van der Waals surface area contributed by atoms with Crippen LogP contribution in [-0.2, 0) is 13.0 Å². The van der Waals surface area contributed by atoms with E-state index in [0.717, 1.165) is 35.3 Å². The molecular formula is C13H17N5O. The number of aryl methyl sites for hydroxylation is 1. The lowest BCUT2D eigenvalue weighted by Crippen LogP contribution is -2.42. The summed E-state index contributed by atoms with van der Waals surface area (Å²) in [5, 5.41) is 8.28. The average molecular weight is 259 g/mol. The van der Waals surface area contributed by atoms with Gasteiger partial charge in [-0.3, -0.25) is 5.10 Å². The minimum absolute atomic E-state index is 0.0506. The van der Waals surface area contributed by atoms with E-state index in [-0.39, 0.29) is 6.03 Å². The standard InChI is InChI=1S/C13H17N5O/c1-8-11-10-4-5-18(13(19)17(2)3)7-9(10)6-14-12(11)16-15-8/h6H,4-5,7H2,1-3H3,(H,14,15,16). The van der Waals surface area contributed by atoms with Gasteiger partial charge in [0.1, 0.15) is 0 Å². The van der Waals surface area contributed by atoms with E-state index >= 15 is 0 Å². The Morgan fingerprint density at radius 1 is 1.47 bits per heavy atom. The summed E-state index contributed by atoms with van der Waals surface area (Å²) in [6, 6.07) is 0.0506. The van der Waals surface area contributed by atoms with Crippen LogP contribution in [0.2, 0.25) is 0 Å². The highest BCUT2D eigenvalue weighted by Gasteiger charge is 2.24. The number of fused-ring (bicyclic) bond motifs is 3. The van der Waals surface area contributed by atoms with E-state index in [0.29, 0.717) is 6.54 Å². The van der Waals surface area contributed by atoms with Gasteiger partial charge in [0.05, 0.1) is 0 Å². The minimum Gasteiger partial charge on any atom is -0.331 e. The highest BCUT2D eigenvalue weighted by atomic mass is 16.2. The fourth-order valence-electron chi connectivity index (χ4n) is 2.65. The quantitative estimate of drug-likeness (QED) is 0.775. The van der Waals surface area contributed by atoms with Crippen LogP contribution in [0, 0.1) is 6.92 Å². The number of aromatic nitrogens is 3. The van der Waals surface area contributed by atoms with Crippen molar-refractivity contribution in [3.8, 4) is 0 Å². The number of rotatable bonds is 0. The molecule has 2 aromatic rings. The van der Waals surface area contributed by atoms with E-state index in [1.54, 1.807) is 19.0 Å². The lowest BCUT2D eigenvalue weighted by atomic mass is 9.98. The van der Waals surface area contributed by atoms with E-state index in [1.807, 2.05) is 18.0 Å². The Labute approximate surface area is 111 Å². The first kappa shape index (κ1) is 12.0. The van der Waals surface area contributed by atoms with Crippen LogP contribution in [0.3, 0.4) is 0 Å². The highest BCUT2D eigenvalue weighted by molar-refractivity contribution is 5.83. The van der Waals surface area contributed by atoms with Gasteiger partial charge in [-0.25, -0.2) is 9.78 Å². The third-order valence-electron chi connectivity index (χ3n) is 3.61. The van der Waals surface area contributed by atoms with Crippen LogP contribution in [-0.4, -0.2) is 51.7 Å². The van der Waals surface area contributed by atoms with Gasteiger partial charge in [0.25, 0.3) is 0 Å². The zero-order valence-corrected chi connectivity index (χ0v) is 11.4. The van der Waals surface area contributed by atoms with Crippen LogP contribution in [0.4, 0.5) is 4.79 Å². The summed E-state index contributed by atoms with van der Waals surface area (Å²) in [6.45, 7) is 3.38. The molecule has 0 radical (unpaired) electrons. The maximum absolute atomic E-state index is 12.0. The molecular weight excluding hydrogens is 242 g/mol. The van der Waals surface area contributed by atoms with Crippen molar-refractivity contribution in [3.63, 3.8) is 0 Å². The fraction of sp³-hybridized carbons (Fsp3) is 0.462. The highest BCUT2D eigenvalue weighted by Crippen LogP contribution is 2.27. The SMILES string of the molecule is Cc1[nH]nc2ncc3c(c12)CCN(C(=O)N(C)C)C3. The number of urea groups is 1. The number of nitrogens with one attached hydrogen (secondary N) is 1. The summed E-state index contributed by atoms with van der Waals surface area (Å²) in [6.07, 6.45) is 2.70. The third-order valence-corrected chi connectivity index (χ3v) is 3.61. The molecule has 100 valence electrons. The molecule has 0 bridgehead atoms. The van der Waals surface area contributed by atoms with E-state index in [2.05, 4.69) is 15.2 Å². The lowest BCUT2D eigenvalue weighted by Gasteiger charge is -2.31. The van der Waals surface area contributed by atoms with E-state index in [4.69, 9.17) is 0 Å². The molecule has 6 heteroatoms. The largest absolute Gasteiger partial charge is 0.331 e. The molecule has 2 amide bonds. The Bertz CT molecular complexity index is 646. The second-order valence-electron chi connectivity index (χ2n) is 5.16. The molecule has 3 heterocycles. The normalized spacial score (nSPS) is 14.6. The van der Waals surface area contributed by atoms with Gasteiger partial charge in [-0.15, -0.1) is 0 Å². The van der Waals surface area contributed by atoms with Crippen LogP contribution in [0.25, 0.3) is 11.0 Å². The monoisotopic (exact) mass is 259 g/mol. The molecule has 0 saturated heterocycles. The van der Waals surface area contributed by atoms with Crippen LogP contribution >= 0.6 is 0 Å². The zero-order valence-electron chi connectivity index (χ0n) is 11.4. The summed E-state index contributed by atoms with van der Waals surface area (Å²) in [5.74, 6) is 0. The summed E-state index contributed by atoms with van der Waals surface area (Å²) in [5.41, 5.74) is 4.22. The van der Waals surface area contributed by atoms with Gasteiger partial charge >= 0.3 is 6.03 Å². The van der Waals surface area contributed by atoms with Crippen molar-refractivity contribution < 1.29 is 4.79 Å². The van der Waals surface area contributed by atoms with Crippen LogP contribution < -0.4 is 0 Å². The predicted octanol–water partition coefficient (Wildman–Crippen LogP) is 1.31. The summed E-state index contributed by atoms with van der Waals surface area (Å²) in [4.78, 5) is 19.8. The van der Waals surface area contributed by atoms with Crippen molar-refractivity contribution in [1.29, 1.82) is 0 Å². The fourth-order valence-corrected chi connectivity index (χ4v) is 2.65. The molecule has 3 rings (SSSR count). The molecule has 0 spiro atoms. The second kappa shape index (κ2) is 4.22. The molecule has 0 saturated carbocycles. The van der Waals surface area contributed by atoms with Gasteiger partial charge in [-0.2, -0.15) is 5.10 Å². The lowest BCUT2D eigenvalue weighted by molar-refractivity contribution is 0.165. The Morgan fingerprint density at radius 3 is 3.00 bits per heavy atom. The number of aromatic amines is 1. The predicted molar refractivity (Wildman–Crippen MR) is 71.8 cm³/mol. The van der Waals surface area contributed by atoms with Crippen molar-refractivity contribution >= 4 is 17.1 Å². The Balaban J connectivity index is 2.00. The molecule has 1 aliphatic rings. The van der Waals surface area contributed by atoms with E-state index < -0.39 is 0 Å². The molecule has 0 fully saturated rings. The zero-order chi connectivity index (χ0) is 13.6. The smallest absolute Gasteiger partial charge is 0.319 e. The number of amides is 2. The van der Waals surface area contributed by atoms with Gasteiger partial charge < -0.3 is 9.80 Å².